The van der Waals surface area contributed by atoms with Crippen molar-refractivity contribution < 1.29 is 80.0 Å². The molecule has 0 saturated heterocycles. The number of ether oxygens (including phenoxy) is 5. The summed E-state index contributed by atoms with van der Waals surface area (Å²) < 4.78 is 84.2. The van der Waals surface area contributed by atoms with Crippen LogP contribution in [0.15, 0.2) is 111 Å². The molecule has 0 aliphatic heterocycles. The van der Waals surface area contributed by atoms with Crippen LogP contribution in [-0.4, -0.2) is 159 Å². The van der Waals surface area contributed by atoms with Crippen LogP contribution < -0.4 is 42.9 Å². The average Bonchev–Trinajstić information content (AvgIpc) is 1.61. The summed E-state index contributed by atoms with van der Waals surface area (Å²) in [6.45, 7) is 15.9. The monoisotopic (exact) mass is 1590 g/mol. The maximum atomic E-state index is 14.3. The summed E-state index contributed by atoms with van der Waals surface area (Å²) in [7, 11) is -7.88. The first-order valence-electron chi connectivity index (χ1n) is 37.0. The standard InChI is InChI=1S/2C31H42N5O8P.C13H15N5O4/c2*1-5-10-23(11-6-2)16-41-29(39)21(3)17-45(40,44-25-12-8-7-9-13-25)43-19-31(18-42-22(4)37)14-24(31)15-36-20-33-26-27(36)34-30(32)35-28(26)38;1-7(20)22-5-13(4-19)2-8(13)3-18-6-15-9-10(18)16-12(14)17-11(9)21/h2*7-9,12-13,15,20-21,23H,5-6,10-11,14,16-19H2,1-4H3,(H3,32,34,35,38);3,6,19H,2,4-5H2,1H3,(H3,14,16,17,21)/b2*24-15-;8-3-/t21-,31+,45+;21-,31-,45+;/m11./s1. The molecule has 1 unspecified atom stereocenters. The van der Waals surface area contributed by atoms with E-state index in [-0.39, 0.29) is 109 Å². The first-order valence-corrected chi connectivity index (χ1v) is 40.5. The van der Waals surface area contributed by atoms with Gasteiger partial charge >= 0.3 is 45.0 Å². The summed E-state index contributed by atoms with van der Waals surface area (Å²) in [4.78, 5) is 128. The fraction of sp³-hybridized carbons (Fsp3) is 0.493. The number of nitrogen functional groups attached to an aromatic ring is 3. The Bertz CT molecular complexity index is 4790. The number of hydrogen-bond donors (Lipinski definition) is 7. The van der Waals surface area contributed by atoms with Crippen LogP contribution >= 0.6 is 15.2 Å². The average molecular weight is 1590 g/mol. The smallest absolute Gasteiger partial charge is 0.380 e. The lowest BCUT2D eigenvalue weighted by atomic mass is 9.99. The molecule has 3 aliphatic carbocycles. The summed E-state index contributed by atoms with van der Waals surface area (Å²) in [5, 5.41) is 9.52. The number of esters is 5. The Morgan fingerprint density at radius 3 is 1.10 bits per heavy atom. The van der Waals surface area contributed by atoms with Gasteiger partial charge in [-0.25, -0.2) is 24.1 Å². The van der Waals surface area contributed by atoms with Crippen molar-refractivity contribution in [3.8, 4) is 11.5 Å². The molecule has 112 heavy (non-hydrogen) atoms. The van der Waals surface area contributed by atoms with E-state index in [0.29, 0.717) is 49.6 Å². The Labute approximate surface area is 644 Å². The van der Waals surface area contributed by atoms with Gasteiger partial charge in [0.1, 0.15) is 50.3 Å². The van der Waals surface area contributed by atoms with Crippen LogP contribution in [0.4, 0.5) is 17.8 Å². The van der Waals surface area contributed by atoms with Gasteiger partial charge < -0.3 is 55.0 Å². The fourth-order valence-electron chi connectivity index (χ4n) is 12.6. The molecule has 7 atom stereocenters. The van der Waals surface area contributed by atoms with Crippen LogP contribution in [0.5, 0.6) is 11.5 Å². The molecule has 6 heterocycles. The number of aliphatic hydroxyl groups excluding tert-OH is 1. The van der Waals surface area contributed by atoms with Crippen molar-refractivity contribution in [2.24, 2.45) is 39.9 Å². The lowest BCUT2D eigenvalue weighted by Gasteiger charge is -2.24. The van der Waals surface area contributed by atoms with Gasteiger partial charge in [0, 0.05) is 39.4 Å². The van der Waals surface area contributed by atoms with Gasteiger partial charge in [-0.15, -0.1) is 0 Å². The minimum Gasteiger partial charge on any atom is -0.465 e. The summed E-state index contributed by atoms with van der Waals surface area (Å²) in [6.07, 6.45) is 18.3. The first kappa shape index (κ1) is 85.4. The third-order valence-corrected chi connectivity index (χ3v) is 23.0. The summed E-state index contributed by atoms with van der Waals surface area (Å²) in [6, 6.07) is 17.2. The number of aliphatic hydroxyl groups is 1. The van der Waals surface area contributed by atoms with Crippen molar-refractivity contribution in [3.63, 3.8) is 0 Å². The van der Waals surface area contributed by atoms with Gasteiger partial charge in [0.2, 0.25) is 17.8 Å². The topological polar surface area (TPSA) is 492 Å². The van der Waals surface area contributed by atoms with E-state index in [1.54, 1.807) is 107 Å². The highest BCUT2D eigenvalue weighted by Gasteiger charge is 2.54. The number of para-hydroxylation sites is 2. The van der Waals surface area contributed by atoms with E-state index >= 15 is 0 Å². The zero-order valence-corrected chi connectivity index (χ0v) is 66.0. The molecule has 11 rings (SSSR count). The molecule has 2 aromatic carbocycles. The van der Waals surface area contributed by atoms with E-state index in [0.717, 1.165) is 68.1 Å². The van der Waals surface area contributed by atoms with E-state index in [1.165, 1.54) is 39.8 Å². The molecule has 0 bridgehead atoms. The van der Waals surface area contributed by atoms with E-state index in [1.807, 2.05) is 0 Å². The van der Waals surface area contributed by atoms with Crippen LogP contribution in [0, 0.1) is 39.9 Å². The Hall–Kier alpha value is -10.6. The molecule has 0 spiro atoms. The zero-order valence-electron chi connectivity index (χ0n) is 64.3. The number of fused-ring (bicyclic) bond motifs is 3. The van der Waals surface area contributed by atoms with Crippen molar-refractivity contribution in [3.05, 3.63) is 127 Å². The number of hydrogen-bond acceptors (Lipinski definition) is 29. The third kappa shape index (κ3) is 23.0. The molecule has 3 saturated carbocycles. The number of carbonyl (C=O) groups is 5. The summed E-state index contributed by atoms with van der Waals surface area (Å²) in [5.41, 5.74) is 17.1. The maximum absolute atomic E-state index is 14.3. The summed E-state index contributed by atoms with van der Waals surface area (Å²) in [5.74, 6) is -2.76. The maximum Gasteiger partial charge on any atom is 0.380 e. The molecule has 10 N–H and O–H groups in total. The number of H-pyrrole nitrogens is 3. The second-order valence-corrected chi connectivity index (χ2v) is 32.6. The van der Waals surface area contributed by atoms with E-state index in [9.17, 15) is 52.6 Å². The van der Waals surface area contributed by atoms with E-state index in [4.69, 9.17) is 59.0 Å². The van der Waals surface area contributed by atoms with Crippen molar-refractivity contribution in [1.82, 2.24) is 58.6 Å². The van der Waals surface area contributed by atoms with Crippen molar-refractivity contribution in [1.29, 1.82) is 0 Å². The zero-order chi connectivity index (χ0) is 81.1. The fourth-order valence-corrected chi connectivity index (χ4v) is 16.4. The Balaban J connectivity index is 0.000000204. The molecular weight excluding hydrogens is 1490 g/mol. The Morgan fingerprint density at radius 2 is 0.795 bits per heavy atom. The SMILES string of the molecule is CC(=O)OCC1(CO)C/C1=C/n1cnc2c(=O)[nH]c(N)nc21.CCCC(CCC)COC(=O)[C@H](C)C[P@](=O)(OC[C@@]1(COC(C)=O)C/C1=C/n1cnc2c(=O)[nH]c(N)nc21)Oc1ccccc1.CCCC(CCC)COC(=O)[C@H](C)C[P@](=O)(OC[C@]1(COC(C)=O)C/C1=C/n1cnc2c(=O)[nH]c(N)nc21)Oc1ccccc1. The number of nitrogens with zero attached hydrogens (tertiary/aromatic N) is 9. The number of nitrogens with one attached hydrogen (secondary N) is 3. The van der Waals surface area contributed by atoms with Crippen LogP contribution in [0.2, 0.25) is 0 Å². The number of anilines is 3. The Kier molecular flexibility index (Phi) is 29.0. The molecule has 604 valence electrons. The van der Waals surface area contributed by atoms with Crippen LogP contribution in [0.1, 0.15) is 133 Å². The van der Waals surface area contributed by atoms with Crippen molar-refractivity contribution >= 4 is 115 Å². The van der Waals surface area contributed by atoms with Crippen molar-refractivity contribution in [2.45, 2.75) is 133 Å². The van der Waals surface area contributed by atoms with Gasteiger partial charge in [-0.1, -0.05) is 104 Å². The summed E-state index contributed by atoms with van der Waals surface area (Å²) >= 11 is 0. The molecule has 35 nitrogen and oxygen atoms in total. The lowest BCUT2D eigenvalue weighted by Crippen LogP contribution is -2.25. The molecule has 0 amide bonds. The predicted molar refractivity (Wildman–Crippen MR) is 416 cm³/mol. The van der Waals surface area contributed by atoms with Gasteiger partial charge in [-0.05, 0) is 97.8 Å². The number of carbonyl (C=O) groups excluding carboxylic acids is 5. The van der Waals surface area contributed by atoms with Gasteiger partial charge in [-0.3, -0.25) is 76.1 Å². The van der Waals surface area contributed by atoms with E-state index in [2.05, 4.69) is 72.6 Å². The molecule has 3 fully saturated rings. The first-order chi connectivity index (χ1) is 53.4. The number of aromatic amines is 3. The quantitative estimate of drug-likeness (QED) is 0.0107. The molecule has 0 radical (unpaired) electrons. The molecule has 37 heteroatoms. The molecule has 3 aliphatic rings. The van der Waals surface area contributed by atoms with Crippen molar-refractivity contribution in [2.75, 3.05) is 82.4 Å². The highest BCUT2D eigenvalue weighted by Crippen LogP contribution is 2.60. The second kappa shape index (κ2) is 38.1. The minimum absolute atomic E-state index is 0.00165. The van der Waals surface area contributed by atoms with Crippen LogP contribution in [0.3, 0.4) is 0 Å². The lowest BCUT2D eigenvalue weighted by molar-refractivity contribution is -0.149. The van der Waals surface area contributed by atoms with Gasteiger partial charge in [0.15, 0.2) is 33.5 Å². The third-order valence-electron chi connectivity index (χ3n) is 19.0. The van der Waals surface area contributed by atoms with Gasteiger partial charge in [0.05, 0.1) is 73.4 Å². The van der Waals surface area contributed by atoms with Crippen LogP contribution in [0.25, 0.3) is 52.1 Å². The molecule has 8 aromatic rings. The van der Waals surface area contributed by atoms with E-state index < -0.39 is 89.8 Å². The second-order valence-electron chi connectivity index (χ2n) is 28.6. The number of aromatic nitrogens is 12. The number of imidazole rings is 3. The predicted octanol–water partition coefficient (Wildman–Crippen LogP) is 9.85. The minimum atomic E-state index is -3.94. The van der Waals surface area contributed by atoms with Gasteiger partial charge in [0.25, 0.3) is 16.7 Å². The highest BCUT2D eigenvalue weighted by atomic mass is 31.2. The molecular formula is C75H99N15O20P2. The van der Waals surface area contributed by atoms with Gasteiger partial charge in [-0.2, -0.15) is 15.0 Å². The molecule has 6 aromatic heterocycles. The Morgan fingerprint density at radius 1 is 0.491 bits per heavy atom. The normalized spacial score (nSPS) is 19.6. The number of benzene rings is 2. The largest absolute Gasteiger partial charge is 0.465 e. The number of rotatable bonds is 38. The highest BCUT2D eigenvalue weighted by molar-refractivity contribution is 7.54. The van der Waals surface area contributed by atoms with Crippen LogP contribution in [-0.2, 0) is 65.8 Å². The number of nitrogens with two attached hydrogens (primary N) is 3.